The van der Waals surface area contributed by atoms with Crippen LogP contribution in [-0.2, 0) is 13.0 Å². The highest BCUT2D eigenvalue weighted by Gasteiger charge is 2.21. The van der Waals surface area contributed by atoms with Crippen molar-refractivity contribution in [1.82, 2.24) is 10.3 Å². The van der Waals surface area contributed by atoms with Gasteiger partial charge in [-0.2, -0.15) is 0 Å². The molecule has 0 unspecified atom stereocenters. The summed E-state index contributed by atoms with van der Waals surface area (Å²) in [6, 6.07) is 1.83. The molecule has 0 aromatic carbocycles. The molecule has 0 radical (unpaired) electrons. The summed E-state index contributed by atoms with van der Waals surface area (Å²) >= 11 is 5.91. The highest BCUT2D eigenvalue weighted by Crippen LogP contribution is 2.21. The van der Waals surface area contributed by atoms with Gasteiger partial charge in [0.25, 0.3) is 5.91 Å². The molecule has 1 aliphatic rings. The first-order valence-corrected chi connectivity index (χ1v) is 4.56. The Morgan fingerprint density at radius 3 is 3.15 bits per heavy atom. The number of amides is 1. The summed E-state index contributed by atoms with van der Waals surface area (Å²) < 4.78 is 0. The summed E-state index contributed by atoms with van der Waals surface area (Å²) in [4.78, 5) is 15.4. The van der Waals surface area contributed by atoms with Crippen LogP contribution in [0.1, 0.15) is 28.5 Å². The number of carbonyl (C=O) groups is 1. The van der Waals surface area contributed by atoms with Crippen LogP contribution in [0.25, 0.3) is 0 Å². The highest BCUT2D eigenvalue weighted by atomic mass is 35.5. The second kappa shape index (κ2) is 3.00. The van der Waals surface area contributed by atoms with Gasteiger partial charge in [0.05, 0.1) is 17.8 Å². The second-order valence-electron chi connectivity index (χ2n) is 2.97. The Kier molecular flexibility index (Phi) is 1.96. The van der Waals surface area contributed by atoms with Crippen LogP contribution in [0.3, 0.4) is 0 Å². The van der Waals surface area contributed by atoms with Gasteiger partial charge in [0.1, 0.15) is 5.15 Å². The zero-order valence-corrected chi connectivity index (χ0v) is 7.98. The fourth-order valence-electron chi connectivity index (χ4n) is 1.41. The lowest BCUT2D eigenvalue weighted by Crippen LogP contribution is -2.12. The number of aryl methyl sites for hydroxylation is 1. The standard InChI is InChI=1S/C9H9ClN2O/c1-2-5-3-6-7(12-8(5)10)4-11-9(6)13/h3H,2,4H2,1H3,(H,11,13). The van der Waals surface area contributed by atoms with Crippen molar-refractivity contribution in [3.05, 3.63) is 28.0 Å². The number of nitrogens with one attached hydrogen (secondary N) is 1. The van der Waals surface area contributed by atoms with Gasteiger partial charge < -0.3 is 5.32 Å². The molecule has 0 saturated carbocycles. The third-order valence-corrected chi connectivity index (χ3v) is 2.50. The molecular weight excluding hydrogens is 188 g/mol. The molecule has 2 heterocycles. The van der Waals surface area contributed by atoms with Crippen molar-refractivity contribution in [3.8, 4) is 0 Å². The predicted molar refractivity (Wildman–Crippen MR) is 49.8 cm³/mol. The molecule has 0 aliphatic carbocycles. The number of hydrogen-bond acceptors (Lipinski definition) is 2. The smallest absolute Gasteiger partial charge is 0.253 e. The van der Waals surface area contributed by atoms with Crippen LogP contribution < -0.4 is 5.32 Å². The van der Waals surface area contributed by atoms with Gasteiger partial charge in [0.2, 0.25) is 0 Å². The molecule has 1 amide bonds. The molecule has 0 saturated heterocycles. The number of hydrogen-bond donors (Lipinski definition) is 1. The molecule has 1 aromatic heterocycles. The van der Waals surface area contributed by atoms with Crippen molar-refractivity contribution >= 4 is 17.5 Å². The minimum Gasteiger partial charge on any atom is -0.346 e. The fraction of sp³-hybridized carbons (Fsp3) is 0.333. The Labute approximate surface area is 81.1 Å². The van der Waals surface area contributed by atoms with Crippen molar-refractivity contribution in [2.24, 2.45) is 0 Å². The van der Waals surface area contributed by atoms with Gasteiger partial charge in [-0.25, -0.2) is 4.98 Å². The minimum absolute atomic E-state index is 0.0473. The Bertz CT molecular complexity index is 376. The van der Waals surface area contributed by atoms with Crippen molar-refractivity contribution in [3.63, 3.8) is 0 Å². The maximum atomic E-state index is 11.3. The number of halogens is 1. The molecule has 2 rings (SSSR count). The van der Waals surface area contributed by atoms with Crippen molar-refractivity contribution in [1.29, 1.82) is 0 Å². The average Bonchev–Trinajstić information content (AvgIpc) is 2.46. The van der Waals surface area contributed by atoms with E-state index in [1.165, 1.54) is 0 Å². The summed E-state index contributed by atoms with van der Waals surface area (Å²) in [5.41, 5.74) is 2.35. The Morgan fingerprint density at radius 2 is 2.46 bits per heavy atom. The van der Waals surface area contributed by atoms with E-state index in [0.717, 1.165) is 17.7 Å². The lowest BCUT2D eigenvalue weighted by molar-refractivity contribution is 0.0965. The van der Waals surface area contributed by atoms with Gasteiger partial charge in [-0.15, -0.1) is 0 Å². The minimum atomic E-state index is -0.0473. The van der Waals surface area contributed by atoms with Crippen molar-refractivity contribution < 1.29 is 4.79 Å². The van der Waals surface area contributed by atoms with Crippen LogP contribution in [-0.4, -0.2) is 10.9 Å². The predicted octanol–water partition coefficient (Wildman–Crippen LogP) is 1.54. The molecule has 1 N–H and O–H groups in total. The van der Waals surface area contributed by atoms with Crippen LogP contribution in [0, 0.1) is 0 Å². The van der Waals surface area contributed by atoms with Gasteiger partial charge in [-0.3, -0.25) is 4.79 Å². The van der Waals surface area contributed by atoms with E-state index in [1.54, 1.807) is 0 Å². The number of fused-ring (bicyclic) bond motifs is 1. The van der Waals surface area contributed by atoms with Crippen LogP contribution in [0.4, 0.5) is 0 Å². The summed E-state index contributed by atoms with van der Waals surface area (Å²) in [5.74, 6) is -0.0473. The SMILES string of the molecule is CCc1cc2c(nc1Cl)CNC2=O. The summed E-state index contributed by atoms with van der Waals surface area (Å²) in [7, 11) is 0. The third-order valence-electron chi connectivity index (χ3n) is 2.17. The molecule has 0 spiro atoms. The zero-order valence-electron chi connectivity index (χ0n) is 7.22. The van der Waals surface area contributed by atoms with E-state index in [0.29, 0.717) is 17.3 Å². The van der Waals surface area contributed by atoms with Gasteiger partial charge >= 0.3 is 0 Å². The monoisotopic (exact) mass is 196 g/mol. The number of pyridine rings is 1. The lowest BCUT2D eigenvalue weighted by atomic mass is 10.1. The number of nitrogens with zero attached hydrogens (tertiary/aromatic N) is 1. The average molecular weight is 197 g/mol. The summed E-state index contributed by atoms with van der Waals surface area (Å²) in [6.45, 7) is 2.49. The molecule has 3 nitrogen and oxygen atoms in total. The fourth-order valence-corrected chi connectivity index (χ4v) is 1.70. The summed E-state index contributed by atoms with van der Waals surface area (Å²) in [5, 5.41) is 3.22. The van der Waals surface area contributed by atoms with Crippen LogP contribution in [0.2, 0.25) is 5.15 Å². The molecule has 4 heteroatoms. The van der Waals surface area contributed by atoms with E-state index in [1.807, 2.05) is 13.0 Å². The first kappa shape index (κ1) is 8.51. The van der Waals surface area contributed by atoms with Gasteiger partial charge in [-0.1, -0.05) is 18.5 Å². The molecule has 1 aliphatic heterocycles. The molecule has 0 fully saturated rings. The quantitative estimate of drug-likeness (QED) is 0.693. The van der Waals surface area contributed by atoms with Gasteiger partial charge in [0.15, 0.2) is 0 Å². The largest absolute Gasteiger partial charge is 0.346 e. The number of aromatic nitrogens is 1. The van der Waals surface area contributed by atoms with E-state index in [2.05, 4.69) is 10.3 Å². The van der Waals surface area contributed by atoms with Gasteiger partial charge in [-0.05, 0) is 18.1 Å². The number of rotatable bonds is 1. The topological polar surface area (TPSA) is 42.0 Å². The molecule has 68 valence electrons. The van der Waals surface area contributed by atoms with Crippen molar-refractivity contribution in [2.45, 2.75) is 19.9 Å². The Balaban J connectivity index is 2.57. The van der Waals surface area contributed by atoms with Crippen LogP contribution in [0.5, 0.6) is 0 Å². The first-order chi connectivity index (χ1) is 6.22. The van der Waals surface area contributed by atoms with E-state index in [-0.39, 0.29) is 5.91 Å². The summed E-state index contributed by atoms with van der Waals surface area (Å²) in [6.07, 6.45) is 0.798. The first-order valence-electron chi connectivity index (χ1n) is 4.19. The molecule has 13 heavy (non-hydrogen) atoms. The molecule has 0 atom stereocenters. The normalized spacial score (nSPS) is 14.2. The van der Waals surface area contributed by atoms with Crippen LogP contribution >= 0.6 is 11.6 Å². The lowest BCUT2D eigenvalue weighted by Gasteiger charge is -2.01. The molecule has 1 aromatic rings. The Hall–Kier alpha value is -1.09. The van der Waals surface area contributed by atoms with Crippen molar-refractivity contribution in [2.75, 3.05) is 0 Å². The van der Waals surface area contributed by atoms with Gasteiger partial charge in [0, 0.05) is 0 Å². The van der Waals surface area contributed by atoms with E-state index in [4.69, 9.17) is 11.6 Å². The maximum absolute atomic E-state index is 11.3. The maximum Gasteiger partial charge on any atom is 0.253 e. The molecular formula is C9H9ClN2O. The molecule has 0 bridgehead atoms. The highest BCUT2D eigenvalue weighted by molar-refractivity contribution is 6.30. The Morgan fingerprint density at radius 1 is 1.69 bits per heavy atom. The zero-order chi connectivity index (χ0) is 9.42. The second-order valence-corrected chi connectivity index (χ2v) is 3.33. The van der Waals surface area contributed by atoms with E-state index < -0.39 is 0 Å². The van der Waals surface area contributed by atoms with Crippen LogP contribution in [0.15, 0.2) is 6.07 Å². The third kappa shape index (κ3) is 1.29. The number of carbonyl (C=O) groups excluding carboxylic acids is 1. The van der Waals surface area contributed by atoms with E-state index >= 15 is 0 Å². The van der Waals surface area contributed by atoms with E-state index in [9.17, 15) is 4.79 Å².